The molecule has 0 unspecified atom stereocenters. The maximum absolute atomic E-state index is 6.05. The number of hydrogen-bond donors (Lipinski definition) is 1. The van der Waals surface area contributed by atoms with Gasteiger partial charge in [0.25, 0.3) is 0 Å². The predicted octanol–water partition coefficient (Wildman–Crippen LogP) is 3.69. The SMILES string of the molecule is CCN[C@@H](Cc1ccc(Cl)c(Cl)c1)[C@@H]1CCCO1. The third-order valence-electron chi connectivity index (χ3n) is 3.32. The van der Waals surface area contributed by atoms with Gasteiger partial charge in [0.05, 0.1) is 16.1 Å². The van der Waals surface area contributed by atoms with Crippen LogP contribution in [0.1, 0.15) is 25.3 Å². The average Bonchev–Trinajstić information content (AvgIpc) is 2.87. The van der Waals surface area contributed by atoms with E-state index in [2.05, 4.69) is 12.2 Å². The third-order valence-corrected chi connectivity index (χ3v) is 4.06. The van der Waals surface area contributed by atoms with Crippen molar-refractivity contribution in [1.29, 1.82) is 0 Å². The van der Waals surface area contributed by atoms with Crippen LogP contribution in [-0.4, -0.2) is 25.3 Å². The lowest BCUT2D eigenvalue weighted by atomic mass is 9.99. The molecule has 2 nitrogen and oxygen atoms in total. The third kappa shape index (κ3) is 3.61. The van der Waals surface area contributed by atoms with Gasteiger partial charge in [0.1, 0.15) is 0 Å². The number of likely N-dealkylation sites (N-methyl/N-ethyl adjacent to an activating group) is 1. The molecule has 18 heavy (non-hydrogen) atoms. The van der Waals surface area contributed by atoms with E-state index in [1.807, 2.05) is 18.2 Å². The maximum Gasteiger partial charge on any atom is 0.0732 e. The standard InChI is InChI=1S/C14H19Cl2NO/c1-2-17-13(14-4-3-7-18-14)9-10-5-6-11(15)12(16)8-10/h5-6,8,13-14,17H,2-4,7,9H2,1H3/t13-,14-/m0/s1. The molecule has 1 heterocycles. The van der Waals surface area contributed by atoms with Crippen LogP contribution in [0.3, 0.4) is 0 Å². The summed E-state index contributed by atoms with van der Waals surface area (Å²) in [5, 5.41) is 4.74. The minimum atomic E-state index is 0.319. The van der Waals surface area contributed by atoms with Crippen LogP contribution in [0.5, 0.6) is 0 Å². The lowest BCUT2D eigenvalue weighted by Gasteiger charge is -2.24. The molecule has 0 aromatic heterocycles. The van der Waals surface area contributed by atoms with E-state index in [4.69, 9.17) is 27.9 Å². The molecule has 2 atom stereocenters. The Hall–Kier alpha value is -0.280. The molecule has 100 valence electrons. The molecular weight excluding hydrogens is 269 g/mol. The van der Waals surface area contributed by atoms with Gasteiger partial charge >= 0.3 is 0 Å². The van der Waals surface area contributed by atoms with Crippen LogP contribution < -0.4 is 5.32 Å². The summed E-state index contributed by atoms with van der Waals surface area (Å²) in [4.78, 5) is 0. The van der Waals surface area contributed by atoms with Crippen molar-refractivity contribution in [2.75, 3.05) is 13.2 Å². The van der Waals surface area contributed by atoms with Crippen molar-refractivity contribution in [3.8, 4) is 0 Å². The van der Waals surface area contributed by atoms with Crippen molar-refractivity contribution in [1.82, 2.24) is 5.32 Å². The van der Waals surface area contributed by atoms with E-state index < -0.39 is 0 Å². The topological polar surface area (TPSA) is 21.3 Å². The monoisotopic (exact) mass is 287 g/mol. The van der Waals surface area contributed by atoms with Crippen LogP contribution in [-0.2, 0) is 11.2 Å². The first-order valence-electron chi connectivity index (χ1n) is 6.49. The Bertz CT molecular complexity index is 391. The molecule has 0 spiro atoms. The summed E-state index contributed by atoms with van der Waals surface area (Å²) in [7, 11) is 0. The summed E-state index contributed by atoms with van der Waals surface area (Å²) in [5.41, 5.74) is 1.20. The van der Waals surface area contributed by atoms with E-state index in [1.54, 1.807) is 0 Å². The van der Waals surface area contributed by atoms with E-state index in [0.717, 1.165) is 32.4 Å². The minimum Gasteiger partial charge on any atom is -0.377 e. The molecule has 1 aromatic rings. The number of ether oxygens (including phenoxy) is 1. The van der Waals surface area contributed by atoms with Gasteiger partial charge in [-0.25, -0.2) is 0 Å². The number of nitrogens with one attached hydrogen (secondary N) is 1. The van der Waals surface area contributed by atoms with Crippen molar-refractivity contribution in [2.45, 2.75) is 38.3 Å². The van der Waals surface area contributed by atoms with Crippen LogP contribution in [0.25, 0.3) is 0 Å². The smallest absolute Gasteiger partial charge is 0.0732 e. The first-order valence-corrected chi connectivity index (χ1v) is 7.25. The van der Waals surface area contributed by atoms with Crippen LogP contribution in [0.4, 0.5) is 0 Å². The van der Waals surface area contributed by atoms with Crippen molar-refractivity contribution in [2.24, 2.45) is 0 Å². The highest BCUT2D eigenvalue weighted by molar-refractivity contribution is 6.42. The zero-order valence-electron chi connectivity index (χ0n) is 10.6. The molecule has 1 aliphatic rings. The van der Waals surface area contributed by atoms with Gasteiger partial charge in [-0.05, 0) is 43.5 Å². The zero-order valence-corrected chi connectivity index (χ0v) is 12.1. The van der Waals surface area contributed by atoms with E-state index >= 15 is 0 Å². The molecule has 1 fully saturated rings. The van der Waals surface area contributed by atoms with E-state index in [9.17, 15) is 0 Å². The highest BCUT2D eigenvalue weighted by atomic mass is 35.5. The Kier molecular flexibility index (Phi) is 5.31. The van der Waals surface area contributed by atoms with Crippen LogP contribution in [0.15, 0.2) is 18.2 Å². The first kappa shape index (κ1) is 14.1. The molecule has 1 aromatic carbocycles. The van der Waals surface area contributed by atoms with Gasteiger partial charge in [-0.15, -0.1) is 0 Å². The van der Waals surface area contributed by atoms with Crippen molar-refractivity contribution >= 4 is 23.2 Å². The Labute approximate surface area is 119 Å². The van der Waals surface area contributed by atoms with Crippen molar-refractivity contribution in [3.05, 3.63) is 33.8 Å². The largest absolute Gasteiger partial charge is 0.377 e. The Morgan fingerprint density at radius 2 is 2.22 bits per heavy atom. The molecule has 1 aliphatic heterocycles. The summed E-state index contributed by atoms with van der Waals surface area (Å²) in [6.07, 6.45) is 3.54. The second kappa shape index (κ2) is 6.76. The lowest BCUT2D eigenvalue weighted by Crippen LogP contribution is -2.41. The molecule has 2 rings (SSSR count). The minimum absolute atomic E-state index is 0.319. The van der Waals surface area contributed by atoms with Gasteiger partial charge in [0.2, 0.25) is 0 Å². The van der Waals surface area contributed by atoms with Gasteiger partial charge in [0, 0.05) is 12.6 Å². The van der Waals surface area contributed by atoms with Gasteiger partial charge in [-0.1, -0.05) is 36.2 Å². The summed E-state index contributed by atoms with van der Waals surface area (Å²) in [6.45, 7) is 3.95. The molecule has 4 heteroatoms. The maximum atomic E-state index is 6.05. The predicted molar refractivity (Wildman–Crippen MR) is 76.6 cm³/mol. The zero-order chi connectivity index (χ0) is 13.0. The first-order chi connectivity index (χ1) is 8.70. The van der Waals surface area contributed by atoms with E-state index in [0.29, 0.717) is 22.2 Å². The number of hydrogen-bond acceptors (Lipinski definition) is 2. The molecule has 1 N–H and O–H groups in total. The summed E-state index contributed by atoms with van der Waals surface area (Å²) >= 11 is 12.0. The van der Waals surface area contributed by atoms with Crippen molar-refractivity contribution in [3.63, 3.8) is 0 Å². The van der Waals surface area contributed by atoms with Crippen LogP contribution >= 0.6 is 23.2 Å². The van der Waals surface area contributed by atoms with E-state index in [1.165, 1.54) is 5.56 Å². The molecule has 0 aliphatic carbocycles. The second-order valence-electron chi connectivity index (χ2n) is 4.67. The molecule has 0 amide bonds. The lowest BCUT2D eigenvalue weighted by molar-refractivity contribution is 0.0789. The fourth-order valence-corrected chi connectivity index (χ4v) is 2.76. The normalized spacial score (nSPS) is 21.2. The van der Waals surface area contributed by atoms with Gasteiger partial charge < -0.3 is 10.1 Å². The quantitative estimate of drug-likeness (QED) is 0.892. The van der Waals surface area contributed by atoms with Gasteiger partial charge in [0.15, 0.2) is 0 Å². The summed E-state index contributed by atoms with van der Waals surface area (Å²) in [6, 6.07) is 6.20. The number of rotatable bonds is 5. The molecule has 0 radical (unpaired) electrons. The Morgan fingerprint density at radius 1 is 1.39 bits per heavy atom. The molecule has 1 saturated heterocycles. The van der Waals surface area contributed by atoms with Crippen LogP contribution in [0, 0.1) is 0 Å². The van der Waals surface area contributed by atoms with Crippen LogP contribution in [0.2, 0.25) is 10.0 Å². The summed E-state index contributed by atoms with van der Waals surface area (Å²) in [5.74, 6) is 0. The number of benzene rings is 1. The number of halogens is 2. The van der Waals surface area contributed by atoms with Crippen molar-refractivity contribution < 1.29 is 4.74 Å². The highest BCUT2D eigenvalue weighted by Crippen LogP contribution is 2.25. The summed E-state index contributed by atoms with van der Waals surface area (Å²) < 4.78 is 5.77. The Morgan fingerprint density at radius 3 is 2.83 bits per heavy atom. The molecule has 0 bridgehead atoms. The molecule has 0 saturated carbocycles. The average molecular weight is 288 g/mol. The van der Waals surface area contributed by atoms with Gasteiger partial charge in [-0.3, -0.25) is 0 Å². The Balaban J connectivity index is 2.04. The molecular formula is C14H19Cl2NO. The fraction of sp³-hybridized carbons (Fsp3) is 0.571. The highest BCUT2D eigenvalue weighted by Gasteiger charge is 2.25. The van der Waals surface area contributed by atoms with E-state index in [-0.39, 0.29) is 0 Å². The van der Waals surface area contributed by atoms with Gasteiger partial charge in [-0.2, -0.15) is 0 Å². The second-order valence-corrected chi connectivity index (χ2v) is 5.48. The fourth-order valence-electron chi connectivity index (χ4n) is 2.44.